The van der Waals surface area contributed by atoms with E-state index in [2.05, 4.69) is 15.9 Å². The smallest absolute Gasteiger partial charge is 0.196 e. The molecule has 0 aromatic heterocycles. The van der Waals surface area contributed by atoms with Gasteiger partial charge in [-0.3, -0.25) is 4.79 Å². The normalized spacial score (nSPS) is 12.9. The van der Waals surface area contributed by atoms with E-state index in [4.69, 9.17) is 4.74 Å². The number of carbonyl (C=O) groups excluding carboxylic acids is 1. The number of hydrogen-bond acceptors (Lipinski definition) is 2. The Bertz CT molecular complexity index is 713. The molecule has 0 bridgehead atoms. The Morgan fingerprint density at radius 1 is 1.15 bits per heavy atom. The number of rotatable bonds is 2. The molecule has 1 heterocycles. The van der Waals surface area contributed by atoms with Gasteiger partial charge in [0.15, 0.2) is 17.4 Å². The zero-order chi connectivity index (χ0) is 14.3. The molecule has 0 spiro atoms. The van der Waals surface area contributed by atoms with Gasteiger partial charge in [0.05, 0.1) is 12.2 Å². The van der Waals surface area contributed by atoms with Crippen LogP contribution in [-0.2, 0) is 6.42 Å². The molecule has 0 amide bonds. The van der Waals surface area contributed by atoms with Gasteiger partial charge in [0, 0.05) is 16.5 Å². The van der Waals surface area contributed by atoms with E-state index in [0.29, 0.717) is 17.9 Å². The molecule has 0 fully saturated rings. The largest absolute Gasteiger partial charge is 0.492 e. The summed E-state index contributed by atoms with van der Waals surface area (Å²) in [6.07, 6.45) is 0.729. The highest BCUT2D eigenvalue weighted by molar-refractivity contribution is 9.10. The van der Waals surface area contributed by atoms with Crippen LogP contribution in [0.4, 0.5) is 8.78 Å². The zero-order valence-electron chi connectivity index (χ0n) is 10.3. The molecule has 20 heavy (non-hydrogen) atoms. The molecule has 0 saturated heterocycles. The Hall–Kier alpha value is -1.75. The fourth-order valence-electron chi connectivity index (χ4n) is 2.23. The Balaban J connectivity index is 2.09. The van der Waals surface area contributed by atoms with Crippen LogP contribution < -0.4 is 4.74 Å². The van der Waals surface area contributed by atoms with Crippen LogP contribution in [0.2, 0.25) is 0 Å². The van der Waals surface area contributed by atoms with Crippen molar-refractivity contribution in [1.29, 1.82) is 0 Å². The van der Waals surface area contributed by atoms with E-state index in [1.54, 1.807) is 6.07 Å². The first-order chi connectivity index (χ1) is 9.56. The van der Waals surface area contributed by atoms with E-state index in [9.17, 15) is 13.6 Å². The number of benzene rings is 2. The Morgan fingerprint density at radius 2 is 1.95 bits per heavy atom. The fourth-order valence-corrected chi connectivity index (χ4v) is 2.74. The minimum atomic E-state index is -1.04. The first-order valence-electron chi connectivity index (χ1n) is 6.01. The number of ether oxygens (including phenoxy) is 1. The Morgan fingerprint density at radius 3 is 2.70 bits per heavy atom. The molecule has 0 radical (unpaired) electrons. The number of ketones is 1. The van der Waals surface area contributed by atoms with Crippen molar-refractivity contribution in [3.05, 3.63) is 63.1 Å². The van der Waals surface area contributed by atoms with Gasteiger partial charge in [-0.2, -0.15) is 0 Å². The van der Waals surface area contributed by atoms with Crippen molar-refractivity contribution in [3.8, 4) is 5.75 Å². The van der Waals surface area contributed by atoms with E-state index < -0.39 is 11.6 Å². The van der Waals surface area contributed by atoms with E-state index in [1.165, 1.54) is 6.07 Å². The molecular weight excluding hydrogens is 330 g/mol. The predicted octanol–water partition coefficient (Wildman–Crippen LogP) is 3.89. The van der Waals surface area contributed by atoms with Crippen molar-refractivity contribution in [3.63, 3.8) is 0 Å². The summed E-state index contributed by atoms with van der Waals surface area (Å²) in [4.78, 5) is 12.4. The average Bonchev–Trinajstić information content (AvgIpc) is 2.88. The van der Waals surface area contributed by atoms with Gasteiger partial charge in [-0.15, -0.1) is 0 Å². The van der Waals surface area contributed by atoms with Crippen molar-refractivity contribution >= 4 is 21.7 Å². The van der Waals surface area contributed by atoms with Crippen LogP contribution in [0.3, 0.4) is 0 Å². The number of carbonyl (C=O) groups is 1. The van der Waals surface area contributed by atoms with E-state index in [0.717, 1.165) is 28.6 Å². The van der Waals surface area contributed by atoms with E-state index >= 15 is 0 Å². The molecule has 0 atom stereocenters. The molecule has 0 unspecified atom stereocenters. The highest BCUT2D eigenvalue weighted by Crippen LogP contribution is 2.34. The molecule has 2 nitrogen and oxygen atoms in total. The molecule has 2 aromatic carbocycles. The predicted molar refractivity (Wildman–Crippen MR) is 73.1 cm³/mol. The summed E-state index contributed by atoms with van der Waals surface area (Å²) in [7, 11) is 0. The van der Waals surface area contributed by atoms with Crippen LogP contribution in [0, 0.1) is 11.6 Å². The molecule has 0 aliphatic carbocycles. The second-order valence-corrected chi connectivity index (χ2v) is 5.41. The third-order valence-corrected chi connectivity index (χ3v) is 3.63. The summed E-state index contributed by atoms with van der Waals surface area (Å²) >= 11 is 3.34. The standard InChI is InChI=1S/C15H9BrF2O2/c16-10-5-9-3-4-20-15(9)11(7-10)14(19)8-1-2-12(17)13(18)6-8/h1-2,5-7H,3-4H2. The summed E-state index contributed by atoms with van der Waals surface area (Å²) in [5.74, 6) is -1.87. The molecule has 1 aliphatic heterocycles. The quantitative estimate of drug-likeness (QED) is 0.776. The molecule has 102 valence electrons. The van der Waals surface area contributed by atoms with Gasteiger partial charge in [0.2, 0.25) is 0 Å². The maximum atomic E-state index is 13.2. The van der Waals surface area contributed by atoms with Crippen LogP contribution in [0.5, 0.6) is 5.75 Å². The lowest BCUT2D eigenvalue weighted by Crippen LogP contribution is -2.05. The Kier molecular flexibility index (Phi) is 3.30. The van der Waals surface area contributed by atoms with Gasteiger partial charge in [-0.1, -0.05) is 15.9 Å². The lowest BCUT2D eigenvalue weighted by atomic mass is 9.99. The summed E-state index contributed by atoms with van der Waals surface area (Å²) < 4.78 is 32.4. The SMILES string of the molecule is O=C(c1ccc(F)c(F)c1)c1cc(Br)cc2c1OCC2. The number of halogens is 3. The second-order valence-electron chi connectivity index (χ2n) is 4.50. The van der Waals surface area contributed by atoms with Gasteiger partial charge in [-0.25, -0.2) is 8.78 Å². The van der Waals surface area contributed by atoms with Gasteiger partial charge < -0.3 is 4.74 Å². The van der Waals surface area contributed by atoms with Crippen LogP contribution in [0.1, 0.15) is 21.5 Å². The first-order valence-corrected chi connectivity index (χ1v) is 6.80. The minimum Gasteiger partial charge on any atom is -0.492 e. The highest BCUT2D eigenvalue weighted by atomic mass is 79.9. The van der Waals surface area contributed by atoms with Crippen molar-refractivity contribution < 1.29 is 18.3 Å². The summed E-state index contributed by atoms with van der Waals surface area (Å²) in [5, 5.41) is 0. The molecule has 0 saturated carbocycles. The van der Waals surface area contributed by atoms with Crippen LogP contribution in [-0.4, -0.2) is 12.4 Å². The Labute approximate surface area is 122 Å². The number of fused-ring (bicyclic) bond motifs is 1. The summed E-state index contributed by atoms with van der Waals surface area (Å²) in [6, 6.07) is 6.64. The van der Waals surface area contributed by atoms with Crippen molar-refractivity contribution in [1.82, 2.24) is 0 Å². The molecule has 1 aliphatic rings. The summed E-state index contributed by atoms with van der Waals surface area (Å²) in [5.41, 5.74) is 1.39. The first kappa shape index (κ1) is 13.2. The van der Waals surface area contributed by atoms with Gasteiger partial charge in [-0.05, 0) is 35.9 Å². The molecule has 2 aromatic rings. The lowest BCUT2D eigenvalue weighted by molar-refractivity contribution is 0.103. The molecule has 5 heteroatoms. The monoisotopic (exact) mass is 338 g/mol. The zero-order valence-corrected chi connectivity index (χ0v) is 11.8. The molecular formula is C15H9BrF2O2. The maximum absolute atomic E-state index is 13.2. The minimum absolute atomic E-state index is 0.0969. The molecule has 3 rings (SSSR count). The third-order valence-electron chi connectivity index (χ3n) is 3.17. The highest BCUT2D eigenvalue weighted by Gasteiger charge is 2.23. The average molecular weight is 339 g/mol. The topological polar surface area (TPSA) is 26.3 Å². The van der Waals surface area contributed by atoms with Crippen molar-refractivity contribution in [2.75, 3.05) is 6.61 Å². The van der Waals surface area contributed by atoms with Crippen LogP contribution in [0.25, 0.3) is 0 Å². The van der Waals surface area contributed by atoms with Crippen molar-refractivity contribution in [2.24, 2.45) is 0 Å². The third kappa shape index (κ3) is 2.22. The van der Waals surface area contributed by atoms with Crippen LogP contribution in [0.15, 0.2) is 34.8 Å². The van der Waals surface area contributed by atoms with Gasteiger partial charge in [0.25, 0.3) is 0 Å². The number of hydrogen-bond donors (Lipinski definition) is 0. The second kappa shape index (κ2) is 4.98. The van der Waals surface area contributed by atoms with Crippen LogP contribution >= 0.6 is 15.9 Å². The molecule has 0 N–H and O–H groups in total. The van der Waals surface area contributed by atoms with Gasteiger partial charge >= 0.3 is 0 Å². The summed E-state index contributed by atoms with van der Waals surface area (Å²) in [6.45, 7) is 0.518. The van der Waals surface area contributed by atoms with Gasteiger partial charge in [0.1, 0.15) is 5.75 Å². The van der Waals surface area contributed by atoms with Crippen molar-refractivity contribution in [2.45, 2.75) is 6.42 Å². The fraction of sp³-hybridized carbons (Fsp3) is 0.133. The maximum Gasteiger partial charge on any atom is 0.196 e. The van der Waals surface area contributed by atoms with E-state index in [-0.39, 0.29) is 11.3 Å². The lowest BCUT2D eigenvalue weighted by Gasteiger charge is -2.08. The van der Waals surface area contributed by atoms with E-state index in [1.807, 2.05) is 6.07 Å².